The average molecular weight is 306 g/mol. The molecule has 1 saturated carbocycles. The molecule has 0 radical (unpaired) electrons. The van der Waals surface area contributed by atoms with E-state index in [0.717, 1.165) is 31.4 Å². The van der Waals surface area contributed by atoms with Crippen LogP contribution in [0.25, 0.3) is 0 Å². The highest BCUT2D eigenvalue weighted by atomic mass is 19.1. The SMILES string of the molecule is O=C(/C=C/C(=O)NC1CCCCC1O)Nc1ccc(F)cc1. The molecule has 1 fully saturated rings. The maximum absolute atomic E-state index is 12.7. The van der Waals surface area contributed by atoms with Gasteiger partial charge >= 0.3 is 0 Å². The van der Waals surface area contributed by atoms with Crippen LogP contribution in [-0.2, 0) is 9.59 Å². The lowest BCUT2D eigenvalue weighted by Crippen LogP contribution is -2.44. The number of benzene rings is 1. The van der Waals surface area contributed by atoms with Gasteiger partial charge in [0, 0.05) is 17.8 Å². The van der Waals surface area contributed by atoms with E-state index >= 15 is 0 Å². The summed E-state index contributed by atoms with van der Waals surface area (Å²) >= 11 is 0. The summed E-state index contributed by atoms with van der Waals surface area (Å²) in [5, 5.41) is 15.0. The minimum absolute atomic E-state index is 0.258. The molecule has 1 aromatic carbocycles. The minimum atomic E-state index is -0.529. The van der Waals surface area contributed by atoms with E-state index < -0.39 is 17.9 Å². The van der Waals surface area contributed by atoms with Gasteiger partial charge in [0.25, 0.3) is 0 Å². The first-order valence-corrected chi connectivity index (χ1v) is 7.28. The molecule has 22 heavy (non-hydrogen) atoms. The molecule has 2 amide bonds. The van der Waals surface area contributed by atoms with Gasteiger partial charge in [-0.25, -0.2) is 4.39 Å². The Balaban J connectivity index is 1.81. The van der Waals surface area contributed by atoms with E-state index in [4.69, 9.17) is 0 Å². The third-order valence-electron chi connectivity index (χ3n) is 3.55. The summed E-state index contributed by atoms with van der Waals surface area (Å²) in [4.78, 5) is 23.4. The predicted octanol–water partition coefficient (Wildman–Crippen LogP) is 1.74. The molecule has 2 unspecified atom stereocenters. The molecule has 3 N–H and O–H groups in total. The zero-order chi connectivity index (χ0) is 15.9. The standard InChI is InChI=1S/C16H19FN2O3/c17-11-5-7-12(8-6-11)18-15(21)9-10-16(22)19-13-3-1-2-4-14(13)20/h5-10,13-14,20H,1-4H2,(H,18,21)(H,19,22)/b10-9+. The quantitative estimate of drug-likeness (QED) is 0.741. The monoisotopic (exact) mass is 306 g/mol. The number of aliphatic hydroxyl groups excluding tert-OH is 1. The number of halogens is 1. The summed E-state index contributed by atoms with van der Waals surface area (Å²) in [5.41, 5.74) is 0.444. The van der Waals surface area contributed by atoms with Crippen molar-refractivity contribution >= 4 is 17.5 Å². The molecule has 2 rings (SSSR count). The highest BCUT2D eigenvalue weighted by Gasteiger charge is 2.23. The number of rotatable bonds is 4. The maximum Gasteiger partial charge on any atom is 0.248 e. The van der Waals surface area contributed by atoms with Gasteiger partial charge in [0.1, 0.15) is 5.82 Å². The fourth-order valence-electron chi connectivity index (χ4n) is 2.38. The van der Waals surface area contributed by atoms with Crippen LogP contribution in [0.1, 0.15) is 25.7 Å². The Morgan fingerprint density at radius 1 is 1.09 bits per heavy atom. The van der Waals surface area contributed by atoms with Crippen molar-refractivity contribution in [2.75, 3.05) is 5.32 Å². The molecule has 0 aliphatic heterocycles. The lowest BCUT2D eigenvalue weighted by atomic mass is 9.92. The van der Waals surface area contributed by atoms with E-state index in [0.29, 0.717) is 12.1 Å². The molecule has 0 saturated heterocycles. The van der Waals surface area contributed by atoms with Crippen molar-refractivity contribution in [1.82, 2.24) is 5.32 Å². The van der Waals surface area contributed by atoms with Crippen LogP contribution in [-0.4, -0.2) is 29.1 Å². The van der Waals surface area contributed by atoms with Crippen LogP contribution in [0.3, 0.4) is 0 Å². The first kappa shape index (κ1) is 16.2. The van der Waals surface area contributed by atoms with Crippen LogP contribution in [0.15, 0.2) is 36.4 Å². The van der Waals surface area contributed by atoms with E-state index in [9.17, 15) is 19.1 Å². The molecular formula is C16H19FN2O3. The van der Waals surface area contributed by atoms with E-state index in [-0.39, 0.29) is 11.9 Å². The Morgan fingerprint density at radius 2 is 1.73 bits per heavy atom. The number of aliphatic hydroxyl groups is 1. The summed E-state index contributed by atoms with van der Waals surface area (Å²) in [6.07, 6.45) is 5.05. The Bertz CT molecular complexity index is 557. The highest BCUT2D eigenvalue weighted by Crippen LogP contribution is 2.18. The maximum atomic E-state index is 12.7. The summed E-state index contributed by atoms with van der Waals surface area (Å²) in [5.74, 6) is -1.29. The average Bonchev–Trinajstić information content (AvgIpc) is 2.50. The number of carbonyl (C=O) groups is 2. The number of hydrogen-bond donors (Lipinski definition) is 3. The second-order valence-corrected chi connectivity index (χ2v) is 5.30. The number of amides is 2. The normalized spacial score (nSPS) is 21.5. The molecule has 2 atom stereocenters. The Labute approximate surface area is 128 Å². The molecule has 1 aliphatic carbocycles. The van der Waals surface area contributed by atoms with Crippen LogP contribution < -0.4 is 10.6 Å². The summed E-state index contributed by atoms with van der Waals surface area (Å²) in [6, 6.07) is 5.07. The molecule has 0 spiro atoms. The van der Waals surface area contributed by atoms with Crippen molar-refractivity contribution in [1.29, 1.82) is 0 Å². The van der Waals surface area contributed by atoms with Gasteiger partial charge in [-0.3, -0.25) is 9.59 Å². The van der Waals surface area contributed by atoms with Crippen LogP contribution in [0, 0.1) is 5.82 Å². The number of anilines is 1. The Hall–Kier alpha value is -2.21. The predicted molar refractivity (Wildman–Crippen MR) is 80.6 cm³/mol. The van der Waals surface area contributed by atoms with Gasteiger partial charge in [-0.05, 0) is 37.1 Å². The number of carbonyl (C=O) groups excluding carboxylic acids is 2. The summed E-state index contributed by atoms with van der Waals surface area (Å²) < 4.78 is 12.7. The Morgan fingerprint density at radius 3 is 2.41 bits per heavy atom. The fraction of sp³-hybridized carbons (Fsp3) is 0.375. The molecule has 1 aromatic rings. The highest BCUT2D eigenvalue weighted by molar-refractivity contribution is 6.03. The zero-order valence-corrected chi connectivity index (χ0v) is 12.1. The van der Waals surface area contributed by atoms with Crippen molar-refractivity contribution in [3.63, 3.8) is 0 Å². The lowest BCUT2D eigenvalue weighted by molar-refractivity contribution is -0.119. The topological polar surface area (TPSA) is 78.4 Å². The number of nitrogens with one attached hydrogen (secondary N) is 2. The van der Waals surface area contributed by atoms with Gasteiger partial charge in [-0.2, -0.15) is 0 Å². The van der Waals surface area contributed by atoms with Gasteiger partial charge in [0.05, 0.1) is 12.1 Å². The minimum Gasteiger partial charge on any atom is -0.391 e. The van der Waals surface area contributed by atoms with Gasteiger partial charge in [0.2, 0.25) is 11.8 Å². The van der Waals surface area contributed by atoms with Crippen LogP contribution in [0.5, 0.6) is 0 Å². The van der Waals surface area contributed by atoms with Crippen molar-refractivity contribution in [3.8, 4) is 0 Å². The van der Waals surface area contributed by atoms with Gasteiger partial charge < -0.3 is 15.7 Å². The third-order valence-corrected chi connectivity index (χ3v) is 3.55. The molecular weight excluding hydrogens is 287 g/mol. The first-order valence-electron chi connectivity index (χ1n) is 7.28. The smallest absolute Gasteiger partial charge is 0.248 e. The van der Waals surface area contributed by atoms with Gasteiger partial charge in [-0.15, -0.1) is 0 Å². The van der Waals surface area contributed by atoms with Crippen molar-refractivity contribution in [3.05, 3.63) is 42.2 Å². The summed E-state index contributed by atoms with van der Waals surface area (Å²) in [7, 11) is 0. The van der Waals surface area contributed by atoms with Crippen molar-refractivity contribution in [2.45, 2.75) is 37.8 Å². The van der Waals surface area contributed by atoms with E-state index in [1.54, 1.807) is 0 Å². The summed E-state index contributed by atoms with van der Waals surface area (Å²) in [6.45, 7) is 0. The molecule has 1 aliphatic rings. The largest absolute Gasteiger partial charge is 0.391 e. The molecule has 0 aromatic heterocycles. The van der Waals surface area contributed by atoms with E-state index in [1.807, 2.05) is 0 Å². The van der Waals surface area contributed by atoms with Gasteiger partial charge in [0.15, 0.2) is 0 Å². The first-order chi connectivity index (χ1) is 10.5. The lowest BCUT2D eigenvalue weighted by Gasteiger charge is -2.27. The Kier molecular flexibility index (Phi) is 5.66. The van der Waals surface area contributed by atoms with Crippen LogP contribution in [0.2, 0.25) is 0 Å². The molecule has 0 bridgehead atoms. The van der Waals surface area contributed by atoms with Crippen molar-refractivity contribution in [2.24, 2.45) is 0 Å². The van der Waals surface area contributed by atoms with Crippen LogP contribution >= 0.6 is 0 Å². The fourth-order valence-corrected chi connectivity index (χ4v) is 2.38. The molecule has 0 heterocycles. The number of hydrogen-bond acceptors (Lipinski definition) is 3. The van der Waals surface area contributed by atoms with E-state index in [2.05, 4.69) is 10.6 Å². The van der Waals surface area contributed by atoms with Crippen molar-refractivity contribution < 1.29 is 19.1 Å². The molecule has 118 valence electrons. The molecule has 5 nitrogen and oxygen atoms in total. The second kappa shape index (κ2) is 7.70. The third kappa shape index (κ3) is 4.96. The second-order valence-electron chi connectivity index (χ2n) is 5.30. The molecule has 6 heteroatoms. The van der Waals surface area contributed by atoms with E-state index in [1.165, 1.54) is 24.3 Å². The van der Waals surface area contributed by atoms with Crippen LogP contribution in [0.4, 0.5) is 10.1 Å². The zero-order valence-electron chi connectivity index (χ0n) is 12.1. The van der Waals surface area contributed by atoms with Gasteiger partial charge in [-0.1, -0.05) is 12.8 Å².